The smallest absolute Gasteiger partial charge is 0.166 e. The Kier molecular flexibility index (Phi) is 3.54. The minimum atomic E-state index is 0.328. The normalized spacial score (nSPS) is 9.83. The van der Waals surface area contributed by atoms with Crippen molar-refractivity contribution in [2.24, 2.45) is 0 Å². The maximum Gasteiger partial charge on any atom is 0.166 e. The second kappa shape index (κ2) is 5.28. The third-order valence-corrected chi connectivity index (χ3v) is 2.55. The van der Waals surface area contributed by atoms with E-state index in [0.717, 1.165) is 16.9 Å². The number of nitrogens with zero attached hydrogens (tertiary/aromatic N) is 3. The molecule has 0 aliphatic heterocycles. The molecule has 0 atom stereocenters. The number of hydrogen-bond acceptors (Lipinski definition) is 4. The molecule has 2 aromatic rings. The molecule has 0 aliphatic rings. The van der Waals surface area contributed by atoms with Crippen LogP contribution in [0.1, 0.15) is 22.5 Å². The maximum absolute atomic E-state index is 8.87. The van der Waals surface area contributed by atoms with E-state index in [1.54, 1.807) is 18.5 Å². The summed E-state index contributed by atoms with van der Waals surface area (Å²) in [4.78, 5) is 8.20. The Morgan fingerprint density at radius 1 is 1.17 bits per heavy atom. The zero-order chi connectivity index (χ0) is 13.0. The van der Waals surface area contributed by atoms with Crippen LogP contribution in [0, 0.1) is 25.2 Å². The van der Waals surface area contributed by atoms with Crippen LogP contribution in [0.15, 0.2) is 30.6 Å². The second-order valence-corrected chi connectivity index (χ2v) is 4.00. The standard InChI is InChI=1S/C14H13N3O/c1-10-6-12(8-15)7-11(2)14(10)18-9-13-16-4-3-5-17-13/h3-7H,9H2,1-2H3. The van der Waals surface area contributed by atoms with E-state index in [2.05, 4.69) is 16.0 Å². The van der Waals surface area contributed by atoms with E-state index >= 15 is 0 Å². The predicted octanol–water partition coefficient (Wildman–Crippen LogP) is 2.54. The predicted molar refractivity (Wildman–Crippen MR) is 67.0 cm³/mol. The average molecular weight is 239 g/mol. The maximum atomic E-state index is 8.87. The summed E-state index contributed by atoms with van der Waals surface area (Å²) in [6, 6.07) is 7.52. The number of nitriles is 1. The van der Waals surface area contributed by atoms with Gasteiger partial charge in [0.25, 0.3) is 0 Å². The summed E-state index contributed by atoms with van der Waals surface area (Å²) in [5, 5.41) is 8.87. The van der Waals surface area contributed by atoms with Crippen LogP contribution < -0.4 is 4.74 Å². The van der Waals surface area contributed by atoms with Crippen molar-refractivity contribution < 1.29 is 4.74 Å². The van der Waals surface area contributed by atoms with Gasteiger partial charge in [-0.15, -0.1) is 0 Å². The highest BCUT2D eigenvalue weighted by molar-refractivity contribution is 5.47. The molecule has 2 rings (SSSR count). The van der Waals surface area contributed by atoms with Gasteiger partial charge in [0.2, 0.25) is 0 Å². The van der Waals surface area contributed by atoms with E-state index < -0.39 is 0 Å². The van der Waals surface area contributed by atoms with Gasteiger partial charge in [-0.25, -0.2) is 9.97 Å². The molecule has 0 saturated carbocycles. The molecule has 0 unspecified atom stereocenters. The summed E-state index contributed by atoms with van der Waals surface area (Å²) in [5.41, 5.74) is 2.54. The minimum absolute atomic E-state index is 0.328. The van der Waals surface area contributed by atoms with Crippen molar-refractivity contribution in [2.45, 2.75) is 20.5 Å². The fraction of sp³-hybridized carbons (Fsp3) is 0.214. The van der Waals surface area contributed by atoms with E-state index in [0.29, 0.717) is 18.0 Å². The lowest BCUT2D eigenvalue weighted by Crippen LogP contribution is -2.03. The molecule has 1 aromatic heterocycles. The van der Waals surface area contributed by atoms with Crippen molar-refractivity contribution in [1.29, 1.82) is 5.26 Å². The van der Waals surface area contributed by atoms with E-state index in [9.17, 15) is 0 Å². The van der Waals surface area contributed by atoms with Gasteiger partial charge in [0.1, 0.15) is 12.4 Å². The lowest BCUT2D eigenvalue weighted by atomic mass is 10.1. The van der Waals surface area contributed by atoms with Crippen molar-refractivity contribution in [3.8, 4) is 11.8 Å². The first-order valence-corrected chi connectivity index (χ1v) is 5.60. The monoisotopic (exact) mass is 239 g/mol. The SMILES string of the molecule is Cc1cc(C#N)cc(C)c1OCc1ncccn1. The van der Waals surface area contributed by atoms with Gasteiger partial charge in [-0.2, -0.15) is 5.26 Å². The summed E-state index contributed by atoms with van der Waals surface area (Å²) in [6.07, 6.45) is 3.37. The van der Waals surface area contributed by atoms with E-state index in [1.165, 1.54) is 0 Å². The van der Waals surface area contributed by atoms with Crippen LogP contribution in [-0.2, 0) is 6.61 Å². The van der Waals surface area contributed by atoms with E-state index in [1.807, 2.05) is 26.0 Å². The lowest BCUT2D eigenvalue weighted by molar-refractivity contribution is 0.291. The van der Waals surface area contributed by atoms with Crippen molar-refractivity contribution in [2.75, 3.05) is 0 Å². The molecule has 90 valence electrons. The van der Waals surface area contributed by atoms with Gasteiger partial charge in [-0.1, -0.05) is 0 Å². The van der Waals surface area contributed by atoms with Crippen LogP contribution >= 0.6 is 0 Å². The molecule has 4 nitrogen and oxygen atoms in total. The number of benzene rings is 1. The van der Waals surface area contributed by atoms with Crippen LogP contribution in [-0.4, -0.2) is 9.97 Å². The van der Waals surface area contributed by atoms with Gasteiger partial charge in [-0.3, -0.25) is 0 Å². The van der Waals surface area contributed by atoms with Crippen molar-refractivity contribution in [1.82, 2.24) is 9.97 Å². The van der Waals surface area contributed by atoms with Gasteiger partial charge in [0.05, 0.1) is 11.6 Å². The molecule has 1 heterocycles. The Morgan fingerprint density at radius 2 is 1.78 bits per heavy atom. The molecule has 0 aliphatic carbocycles. The Hall–Kier alpha value is -2.41. The first-order valence-electron chi connectivity index (χ1n) is 5.60. The number of hydrogen-bond donors (Lipinski definition) is 0. The molecule has 0 bridgehead atoms. The van der Waals surface area contributed by atoms with E-state index in [-0.39, 0.29) is 0 Å². The second-order valence-electron chi connectivity index (χ2n) is 4.00. The summed E-state index contributed by atoms with van der Waals surface area (Å²) in [6.45, 7) is 4.18. The number of aryl methyl sites for hydroxylation is 2. The van der Waals surface area contributed by atoms with Gasteiger partial charge < -0.3 is 4.74 Å². The molecule has 0 spiro atoms. The highest BCUT2D eigenvalue weighted by Gasteiger charge is 2.07. The molecule has 0 amide bonds. The summed E-state index contributed by atoms with van der Waals surface area (Å²) < 4.78 is 5.72. The first kappa shape index (κ1) is 12.1. The van der Waals surface area contributed by atoms with Crippen LogP contribution in [0.2, 0.25) is 0 Å². The van der Waals surface area contributed by atoms with Crippen LogP contribution in [0.25, 0.3) is 0 Å². The molecule has 0 radical (unpaired) electrons. The first-order chi connectivity index (χ1) is 8.70. The third-order valence-electron chi connectivity index (χ3n) is 2.55. The van der Waals surface area contributed by atoms with Crippen molar-refractivity contribution in [3.05, 3.63) is 53.1 Å². The number of rotatable bonds is 3. The number of ether oxygens (including phenoxy) is 1. The molecule has 18 heavy (non-hydrogen) atoms. The Labute approximate surface area is 106 Å². The molecule has 0 N–H and O–H groups in total. The summed E-state index contributed by atoms with van der Waals surface area (Å²) >= 11 is 0. The Morgan fingerprint density at radius 3 is 2.33 bits per heavy atom. The molecular formula is C14H13N3O. The zero-order valence-electron chi connectivity index (χ0n) is 10.3. The lowest BCUT2D eigenvalue weighted by Gasteiger charge is -2.11. The Bertz CT molecular complexity index is 565. The molecule has 4 heteroatoms. The largest absolute Gasteiger partial charge is 0.485 e. The molecule has 1 aromatic carbocycles. The fourth-order valence-electron chi connectivity index (χ4n) is 1.78. The Balaban J connectivity index is 2.18. The topological polar surface area (TPSA) is 58.8 Å². The zero-order valence-corrected chi connectivity index (χ0v) is 10.3. The highest BCUT2D eigenvalue weighted by Crippen LogP contribution is 2.25. The van der Waals surface area contributed by atoms with Crippen LogP contribution in [0.4, 0.5) is 0 Å². The average Bonchev–Trinajstić information content (AvgIpc) is 2.38. The van der Waals surface area contributed by atoms with Crippen molar-refractivity contribution in [3.63, 3.8) is 0 Å². The van der Waals surface area contributed by atoms with Crippen LogP contribution in [0.3, 0.4) is 0 Å². The van der Waals surface area contributed by atoms with Gasteiger partial charge in [-0.05, 0) is 43.2 Å². The molecule has 0 fully saturated rings. The van der Waals surface area contributed by atoms with E-state index in [4.69, 9.17) is 10.00 Å². The highest BCUT2D eigenvalue weighted by atomic mass is 16.5. The molecular weight excluding hydrogens is 226 g/mol. The quantitative estimate of drug-likeness (QED) is 0.825. The summed E-state index contributed by atoms with van der Waals surface area (Å²) in [5.74, 6) is 1.43. The van der Waals surface area contributed by atoms with Gasteiger partial charge in [0, 0.05) is 12.4 Å². The van der Waals surface area contributed by atoms with Gasteiger partial charge >= 0.3 is 0 Å². The van der Waals surface area contributed by atoms with Crippen molar-refractivity contribution >= 4 is 0 Å². The minimum Gasteiger partial charge on any atom is -0.485 e. The number of aromatic nitrogens is 2. The third kappa shape index (κ3) is 2.64. The van der Waals surface area contributed by atoms with Crippen LogP contribution in [0.5, 0.6) is 5.75 Å². The van der Waals surface area contributed by atoms with Gasteiger partial charge in [0.15, 0.2) is 5.82 Å². The molecule has 0 saturated heterocycles. The summed E-state index contributed by atoms with van der Waals surface area (Å²) in [7, 11) is 0. The fourth-order valence-corrected chi connectivity index (χ4v) is 1.78.